The number of hydrazone groups is 1. The molecule has 3 aromatic carbocycles. The molecule has 1 aromatic heterocycles. The van der Waals surface area contributed by atoms with Gasteiger partial charge in [0.1, 0.15) is 17.1 Å². The molecule has 4 rings (SSSR count). The number of anilines is 1. The Bertz CT molecular complexity index is 1390. The molecule has 0 fully saturated rings. The molecule has 172 valence electrons. The number of fused-ring (bicyclic) bond motifs is 1. The van der Waals surface area contributed by atoms with Gasteiger partial charge in [-0.15, -0.1) is 0 Å². The van der Waals surface area contributed by atoms with Gasteiger partial charge in [0.05, 0.1) is 10.7 Å². The lowest BCUT2D eigenvalue weighted by atomic mass is 10.2. The van der Waals surface area contributed by atoms with Gasteiger partial charge in [-0.1, -0.05) is 28.1 Å². The summed E-state index contributed by atoms with van der Waals surface area (Å²) in [7, 11) is 0. The lowest BCUT2D eigenvalue weighted by molar-refractivity contribution is -0.118. The molecule has 0 saturated carbocycles. The zero-order valence-electron chi connectivity index (χ0n) is 17.3. The minimum absolute atomic E-state index is 0.105. The van der Waals surface area contributed by atoms with Gasteiger partial charge in [0.2, 0.25) is 0 Å². The fraction of sp³-hybridized carbons (Fsp3) is 0.0417. The first-order valence-electron chi connectivity index (χ1n) is 9.88. The van der Waals surface area contributed by atoms with E-state index in [1.165, 1.54) is 30.5 Å². The summed E-state index contributed by atoms with van der Waals surface area (Å²) in [6, 6.07) is 17.6. The summed E-state index contributed by atoms with van der Waals surface area (Å²) >= 11 is 6.80. The highest BCUT2D eigenvalue weighted by molar-refractivity contribution is 9.11. The number of ether oxygens (including phenoxy) is 1. The molecule has 2 amide bonds. The number of halogens is 3. The monoisotopic (exact) mass is 587 g/mol. The maximum absolute atomic E-state index is 13.0. The predicted molar refractivity (Wildman–Crippen MR) is 134 cm³/mol. The van der Waals surface area contributed by atoms with E-state index in [4.69, 9.17) is 9.15 Å². The van der Waals surface area contributed by atoms with Crippen molar-refractivity contribution in [3.63, 3.8) is 0 Å². The van der Waals surface area contributed by atoms with Gasteiger partial charge in [0.15, 0.2) is 12.4 Å². The van der Waals surface area contributed by atoms with E-state index in [0.717, 1.165) is 9.86 Å². The molecule has 0 aliphatic heterocycles. The van der Waals surface area contributed by atoms with Crippen molar-refractivity contribution in [3.05, 3.63) is 92.8 Å². The van der Waals surface area contributed by atoms with Crippen molar-refractivity contribution in [2.75, 3.05) is 11.9 Å². The second-order valence-electron chi connectivity index (χ2n) is 7.00. The van der Waals surface area contributed by atoms with E-state index in [9.17, 15) is 14.0 Å². The minimum Gasteiger partial charge on any atom is -0.483 e. The van der Waals surface area contributed by atoms with Crippen LogP contribution in [0.2, 0.25) is 0 Å². The summed E-state index contributed by atoms with van der Waals surface area (Å²) in [6.45, 7) is -0.266. The summed E-state index contributed by atoms with van der Waals surface area (Å²) in [6.07, 6.45) is 1.40. The molecule has 1 heterocycles. The molecule has 0 unspecified atom stereocenters. The number of nitrogens with one attached hydrogen (secondary N) is 2. The lowest BCUT2D eigenvalue weighted by Crippen LogP contribution is -2.20. The summed E-state index contributed by atoms with van der Waals surface area (Å²) in [4.78, 5) is 24.6. The molecular weight excluding hydrogens is 573 g/mol. The summed E-state index contributed by atoms with van der Waals surface area (Å²) in [5.74, 6) is -0.821. The van der Waals surface area contributed by atoms with Crippen LogP contribution in [0, 0.1) is 5.82 Å². The number of hydrogen-bond donors (Lipinski definition) is 2. The van der Waals surface area contributed by atoms with Gasteiger partial charge in [-0.3, -0.25) is 9.59 Å². The molecular formula is C24H16Br2FN3O4. The third kappa shape index (κ3) is 5.89. The molecule has 0 saturated heterocycles. The standard InChI is InChI=1S/C24H16Br2FN3O4/c25-16-9-15-10-21(34-23(15)19(26)11-16)24(32)30-28-12-14-3-1-2-4-20(14)33-13-22(31)29-18-7-5-17(27)6-8-18/h1-12H,13H2,(H,29,31)(H,30,32)/b28-12-. The zero-order chi connectivity index (χ0) is 24.1. The van der Waals surface area contributed by atoms with E-state index in [1.807, 2.05) is 12.1 Å². The van der Waals surface area contributed by atoms with Crippen LogP contribution in [0.1, 0.15) is 16.1 Å². The Hall–Kier alpha value is -3.50. The summed E-state index contributed by atoms with van der Waals surface area (Å²) in [5.41, 5.74) is 3.97. The number of carbonyl (C=O) groups excluding carboxylic acids is 2. The molecule has 34 heavy (non-hydrogen) atoms. The van der Waals surface area contributed by atoms with Gasteiger partial charge < -0.3 is 14.5 Å². The number of carbonyl (C=O) groups is 2. The first kappa shape index (κ1) is 23.7. The summed E-state index contributed by atoms with van der Waals surface area (Å²) < 4.78 is 25.7. The Morgan fingerprint density at radius 3 is 2.62 bits per heavy atom. The lowest BCUT2D eigenvalue weighted by Gasteiger charge is -2.09. The third-order valence-corrected chi connectivity index (χ3v) is 5.58. The average molecular weight is 589 g/mol. The Kier molecular flexibility index (Phi) is 7.39. The smallest absolute Gasteiger partial charge is 0.307 e. The van der Waals surface area contributed by atoms with Gasteiger partial charge in [0, 0.05) is 21.1 Å². The maximum atomic E-state index is 13.0. The maximum Gasteiger partial charge on any atom is 0.307 e. The average Bonchev–Trinajstić information content (AvgIpc) is 3.24. The van der Waals surface area contributed by atoms with Crippen LogP contribution in [0.4, 0.5) is 10.1 Å². The Balaban J connectivity index is 1.37. The number of rotatable bonds is 7. The van der Waals surface area contributed by atoms with Crippen molar-refractivity contribution in [2.24, 2.45) is 5.10 Å². The molecule has 0 aliphatic rings. The van der Waals surface area contributed by atoms with Crippen LogP contribution in [0.15, 0.2) is 85.2 Å². The molecule has 0 spiro atoms. The Labute approximate surface area is 210 Å². The number of benzene rings is 3. The van der Waals surface area contributed by atoms with Crippen LogP contribution in [-0.4, -0.2) is 24.6 Å². The first-order valence-corrected chi connectivity index (χ1v) is 11.5. The molecule has 2 N–H and O–H groups in total. The number of nitrogens with zero attached hydrogens (tertiary/aromatic N) is 1. The van der Waals surface area contributed by atoms with Crippen molar-refractivity contribution < 1.29 is 23.1 Å². The number of para-hydroxylation sites is 1. The molecule has 0 aliphatic carbocycles. The summed E-state index contributed by atoms with van der Waals surface area (Å²) in [5, 5.41) is 7.34. The van der Waals surface area contributed by atoms with E-state index in [2.05, 4.69) is 47.7 Å². The minimum atomic E-state index is -0.521. The largest absolute Gasteiger partial charge is 0.483 e. The van der Waals surface area contributed by atoms with Crippen molar-refractivity contribution in [1.29, 1.82) is 0 Å². The van der Waals surface area contributed by atoms with Gasteiger partial charge >= 0.3 is 5.91 Å². The van der Waals surface area contributed by atoms with Crippen LogP contribution in [0.5, 0.6) is 5.75 Å². The molecule has 0 radical (unpaired) electrons. The van der Waals surface area contributed by atoms with Crippen LogP contribution in [-0.2, 0) is 4.79 Å². The molecule has 0 bridgehead atoms. The van der Waals surface area contributed by atoms with Crippen LogP contribution < -0.4 is 15.5 Å². The Morgan fingerprint density at radius 1 is 1.06 bits per heavy atom. The van der Waals surface area contributed by atoms with E-state index in [0.29, 0.717) is 27.1 Å². The van der Waals surface area contributed by atoms with Gasteiger partial charge in [-0.2, -0.15) is 5.10 Å². The van der Waals surface area contributed by atoms with Gasteiger partial charge in [0.25, 0.3) is 5.91 Å². The predicted octanol–water partition coefficient (Wildman–Crippen LogP) is 5.88. The SMILES string of the molecule is O=C(COc1ccccc1/C=N\NC(=O)c1cc2cc(Br)cc(Br)c2o1)Nc1ccc(F)cc1. The highest BCUT2D eigenvalue weighted by Gasteiger charge is 2.14. The fourth-order valence-corrected chi connectivity index (χ4v) is 4.33. The van der Waals surface area contributed by atoms with Gasteiger partial charge in [-0.05, 0) is 70.5 Å². The molecule has 7 nitrogen and oxygen atoms in total. The normalized spacial score (nSPS) is 11.0. The van der Waals surface area contributed by atoms with Crippen molar-refractivity contribution in [3.8, 4) is 5.75 Å². The van der Waals surface area contributed by atoms with Crippen molar-refractivity contribution in [2.45, 2.75) is 0 Å². The van der Waals surface area contributed by atoms with Crippen LogP contribution >= 0.6 is 31.9 Å². The number of furan rings is 1. The quantitative estimate of drug-likeness (QED) is 0.208. The molecule has 4 aromatic rings. The second-order valence-corrected chi connectivity index (χ2v) is 8.77. The van der Waals surface area contributed by atoms with Crippen molar-refractivity contribution >= 4 is 66.5 Å². The van der Waals surface area contributed by atoms with Crippen LogP contribution in [0.3, 0.4) is 0 Å². The van der Waals surface area contributed by atoms with E-state index < -0.39 is 17.6 Å². The first-order chi connectivity index (χ1) is 16.4. The topological polar surface area (TPSA) is 92.9 Å². The van der Waals surface area contributed by atoms with Crippen molar-refractivity contribution in [1.82, 2.24) is 5.43 Å². The second kappa shape index (κ2) is 10.6. The van der Waals surface area contributed by atoms with E-state index in [1.54, 1.807) is 30.3 Å². The highest BCUT2D eigenvalue weighted by atomic mass is 79.9. The zero-order valence-corrected chi connectivity index (χ0v) is 20.5. The number of amides is 2. The third-order valence-electron chi connectivity index (χ3n) is 4.53. The highest BCUT2D eigenvalue weighted by Crippen LogP contribution is 2.31. The molecule has 0 atom stereocenters. The fourth-order valence-electron chi connectivity index (χ4n) is 3.00. The number of hydrogen-bond acceptors (Lipinski definition) is 5. The van der Waals surface area contributed by atoms with E-state index in [-0.39, 0.29) is 12.4 Å². The Morgan fingerprint density at radius 2 is 1.82 bits per heavy atom. The van der Waals surface area contributed by atoms with E-state index >= 15 is 0 Å². The van der Waals surface area contributed by atoms with Crippen LogP contribution in [0.25, 0.3) is 11.0 Å². The van der Waals surface area contributed by atoms with Gasteiger partial charge in [-0.25, -0.2) is 9.82 Å². The molecule has 10 heteroatoms.